The Bertz CT molecular complexity index is 599. The van der Waals surface area contributed by atoms with E-state index in [1.807, 2.05) is 20.8 Å². The number of hydrogen-bond acceptors (Lipinski definition) is 6. The van der Waals surface area contributed by atoms with Crippen LogP contribution in [0.4, 0.5) is 5.69 Å². The minimum Gasteiger partial charge on any atom is -0.472 e. The number of nitrogen functional groups attached to an aromatic ring is 1. The molecule has 0 aliphatic rings. The van der Waals surface area contributed by atoms with Crippen molar-refractivity contribution in [1.82, 2.24) is 0 Å². The van der Waals surface area contributed by atoms with Gasteiger partial charge in [0.15, 0.2) is 17.8 Å². The van der Waals surface area contributed by atoms with Crippen LogP contribution in [0, 0.1) is 5.92 Å². The van der Waals surface area contributed by atoms with Crippen LogP contribution in [0.5, 0.6) is 5.75 Å². The molecule has 5 N–H and O–H groups in total. The molecule has 0 aliphatic heterocycles. The van der Waals surface area contributed by atoms with Gasteiger partial charge in [0.2, 0.25) is 0 Å². The maximum Gasteiger partial charge on any atom is 0.173 e. The lowest BCUT2D eigenvalue weighted by Gasteiger charge is -2.23. The molecule has 1 rings (SSSR count). The third-order valence-corrected chi connectivity index (χ3v) is 3.69. The van der Waals surface area contributed by atoms with E-state index >= 15 is 0 Å². The average Bonchev–Trinajstić information content (AvgIpc) is 2.46. The predicted octanol–water partition coefficient (Wildman–Crippen LogP) is 2.52. The molecule has 1 aromatic carbocycles. The highest BCUT2D eigenvalue weighted by Crippen LogP contribution is 2.30. The van der Waals surface area contributed by atoms with E-state index in [4.69, 9.17) is 16.2 Å². The van der Waals surface area contributed by atoms with Crippen molar-refractivity contribution in [2.24, 2.45) is 11.7 Å². The summed E-state index contributed by atoms with van der Waals surface area (Å²) in [6, 6.07) is 3.05. The molecule has 0 saturated carbocycles. The zero-order chi connectivity index (χ0) is 18.4. The van der Waals surface area contributed by atoms with Crippen molar-refractivity contribution < 1.29 is 19.4 Å². The molecule has 0 saturated heterocycles. The van der Waals surface area contributed by atoms with Gasteiger partial charge in [-0.15, -0.1) is 0 Å². The summed E-state index contributed by atoms with van der Waals surface area (Å²) < 4.78 is 5.56. The lowest BCUT2D eigenvalue weighted by molar-refractivity contribution is 0.0263. The molecule has 0 fully saturated rings. The molecule has 0 radical (unpaired) electrons. The third kappa shape index (κ3) is 5.04. The smallest absolute Gasteiger partial charge is 0.173 e. The fourth-order valence-electron chi connectivity index (χ4n) is 2.51. The van der Waals surface area contributed by atoms with E-state index in [1.54, 1.807) is 0 Å². The van der Waals surface area contributed by atoms with E-state index in [-0.39, 0.29) is 34.5 Å². The molecule has 134 valence electrons. The number of ether oxygens (including phenoxy) is 1. The Morgan fingerprint density at radius 1 is 1.29 bits per heavy atom. The second-order valence-electron chi connectivity index (χ2n) is 6.41. The molecule has 6 nitrogen and oxygen atoms in total. The van der Waals surface area contributed by atoms with E-state index in [9.17, 15) is 14.7 Å². The Kier molecular flexibility index (Phi) is 7.38. The van der Waals surface area contributed by atoms with Gasteiger partial charge >= 0.3 is 0 Å². The van der Waals surface area contributed by atoms with Crippen molar-refractivity contribution in [3.8, 4) is 5.75 Å². The van der Waals surface area contributed by atoms with Crippen LogP contribution in [0.25, 0.3) is 0 Å². The van der Waals surface area contributed by atoms with Gasteiger partial charge in [-0.3, -0.25) is 15.3 Å². The number of benzene rings is 1. The van der Waals surface area contributed by atoms with Gasteiger partial charge in [-0.2, -0.15) is 0 Å². The quantitative estimate of drug-likeness (QED) is 0.362. The third-order valence-electron chi connectivity index (χ3n) is 3.69. The van der Waals surface area contributed by atoms with Gasteiger partial charge in [-0.1, -0.05) is 20.8 Å². The van der Waals surface area contributed by atoms with Crippen LogP contribution in [0.3, 0.4) is 0 Å². The molecular weight excluding hydrogens is 308 g/mol. The Labute approximate surface area is 143 Å². The second-order valence-corrected chi connectivity index (χ2v) is 6.41. The highest BCUT2D eigenvalue weighted by atomic mass is 16.5. The number of anilines is 1. The van der Waals surface area contributed by atoms with Gasteiger partial charge in [0.25, 0.3) is 0 Å². The minimum absolute atomic E-state index is 0.101. The summed E-state index contributed by atoms with van der Waals surface area (Å²) in [5, 5.41) is 10.0. The Morgan fingerprint density at radius 2 is 1.92 bits per heavy atom. The van der Waals surface area contributed by atoms with E-state index in [2.05, 4.69) is 0 Å². The van der Waals surface area contributed by atoms with Crippen LogP contribution >= 0.6 is 0 Å². The van der Waals surface area contributed by atoms with E-state index in [0.717, 1.165) is 0 Å². The monoisotopic (exact) mass is 336 g/mol. The predicted molar refractivity (Wildman–Crippen MR) is 94.2 cm³/mol. The van der Waals surface area contributed by atoms with Gasteiger partial charge in [0.05, 0.1) is 11.3 Å². The number of ketones is 2. The van der Waals surface area contributed by atoms with E-state index in [0.29, 0.717) is 24.8 Å². The first-order chi connectivity index (χ1) is 11.2. The second kappa shape index (κ2) is 8.80. The molecular formula is C18H28N2O4. The van der Waals surface area contributed by atoms with Crippen LogP contribution in [0.1, 0.15) is 67.7 Å². The highest BCUT2D eigenvalue weighted by molar-refractivity contribution is 6.09. The van der Waals surface area contributed by atoms with Crippen LogP contribution in [0.2, 0.25) is 0 Å². The number of rotatable bonds is 9. The number of carbonyl (C=O) groups is 2. The van der Waals surface area contributed by atoms with Crippen LogP contribution in [-0.4, -0.2) is 29.0 Å². The summed E-state index contributed by atoms with van der Waals surface area (Å²) in [5.74, 6) is -0.00298. The maximum atomic E-state index is 12.1. The molecule has 0 spiro atoms. The number of Topliss-reactive ketones (excluding diaryl/α,β-unsaturated/α-hetero) is 2. The largest absolute Gasteiger partial charge is 0.472 e. The number of nitrogens with two attached hydrogens (primary N) is 2. The lowest BCUT2D eigenvalue weighted by Crippen LogP contribution is -2.40. The summed E-state index contributed by atoms with van der Waals surface area (Å²) in [5.41, 5.74) is 12.4. The van der Waals surface area contributed by atoms with Crippen molar-refractivity contribution in [2.45, 2.75) is 59.3 Å². The summed E-state index contributed by atoms with van der Waals surface area (Å²) in [7, 11) is 0. The van der Waals surface area contributed by atoms with Gasteiger partial charge in [-0.05, 0) is 37.8 Å². The molecule has 1 aromatic rings. The fourth-order valence-corrected chi connectivity index (χ4v) is 2.51. The van der Waals surface area contributed by atoms with Crippen molar-refractivity contribution in [1.29, 1.82) is 0 Å². The summed E-state index contributed by atoms with van der Waals surface area (Å²) in [4.78, 5) is 24.1. The zero-order valence-corrected chi connectivity index (χ0v) is 14.8. The normalized spacial score (nSPS) is 13.6. The van der Waals surface area contributed by atoms with Crippen LogP contribution < -0.4 is 16.2 Å². The van der Waals surface area contributed by atoms with Crippen molar-refractivity contribution in [3.05, 3.63) is 23.3 Å². The maximum absolute atomic E-state index is 12.1. The summed E-state index contributed by atoms with van der Waals surface area (Å²) >= 11 is 0. The van der Waals surface area contributed by atoms with Crippen molar-refractivity contribution >= 4 is 17.3 Å². The summed E-state index contributed by atoms with van der Waals surface area (Å²) in [6.45, 7) is 7.17. The molecule has 24 heavy (non-hydrogen) atoms. The first kappa shape index (κ1) is 20.1. The first-order valence-electron chi connectivity index (χ1n) is 8.25. The lowest BCUT2D eigenvalue weighted by atomic mass is 9.98. The molecule has 0 heterocycles. The molecule has 6 heteroatoms. The van der Waals surface area contributed by atoms with Gasteiger partial charge < -0.3 is 15.6 Å². The average molecular weight is 336 g/mol. The fraction of sp³-hybridized carbons (Fsp3) is 0.556. The van der Waals surface area contributed by atoms with Gasteiger partial charge in [0.1, 0.15) is 11.9 Å². The molecule has 2 atom stereocenters. The number of aliphatic hydroxyl groups is 1. The number of hydrogen-bond donors (Lipinski definition) is 3. The molecule has 0 aliphatic carbocycles. The van der Waals surface area contributed by atoms with E-state index < -0.39 is 12.3 Å². The Hall–Kier alpha value is -1.92. The van der Waals surface area contributed by atoms with Crippen LogP contribution in [0.15, 0.2) is 12.1 Å². The standard InChI is InChI=1S/C18H28N2O4/c1-5-6-13(22)12-7-8-15(16(11(4)21)17(12)19)24-18(20)14(23)9-10(2)3/h7-8,10,14,18,23H,5-6,9,19-20H2,1-4H3. The molecule has 0 aromatic heterocycles. The van der Waals surface area contributed by atoms with E-state index in [1.165, 1.54) is 19.1 Å². The summed E-state index contributed by atoms with van der Waals surface area (Å²) in [6.07, 6.45) is -0.333. The van der Waals surface area contributed by atoms with Crippen molar-refractivity contribution in [2.75, 3.05) is 5.73 Å². The molecule has 2 unspecified atom stereocenters. The van der Waals surface area contributed by atoms with Crippen molar-refractivity contribution in [3.63, 3.8) is 0 Å². The topological polar surface area (TPSA) is 116 Å². The number of carbonyl (C=O) groups excluding carboxylic acids is 2. The van der Waals surface area contributed by atoms with Gasteiger partial charge in [0, 0.05) is 12.0 Å². The Balaban J connectivity index is 3.14. The minimum atomic E-state index is -0.984. The number of aliphatic hydroxyl groups excluding tert-OH is 1. The SMILES string of the molecule is CCCC(=O)c1ccc(OC(N)C(O)CC(C)C)c(C(C)=O)c1N. The molecule has 0 amide bonds. The zero-order valence-electron chi connectivity index (χ0n) is 14.8. The van der Waals surface area contributed by atoms with Gasteiger partial charge in [-0.25, -0.2) is 0 Å². The Morgan fingerprint density at radius 3 is 2.42 bits per heavy atom. The highest BCUT2D eigenvalue weighted by Gasteiger charge is 2.23. The molecule has 0 bridgehead atoms. The van der Waals surface area contributed by atoms with Crippen LogP contribution in [-0.2, 0) is 0 Å². The first-order valence-corrected chi connectivity index (χ1v) is 8.25.